The maximum Gasteiger partial charge on any atom is 0.248 e. The van der Waals surface area contributed by atoms with E-state index in [2.05, 4.69) is 20.8 Å². The fourth-order valence-corrected chi connectivity index (χ4v) is 1.85. The van der Waals surface area contributed by atoms with Crippen LogP contribution in [-0.4, -0.2) is 33.9 Å². The summed E-state index contributed by atoms with van der Waals surface area (Å²) in [5.74, 6) is 0.328. The summed E-state index contributed by atoms with van der Waals surface area (Å²) in [6, 6.07) is 5.49. The molecule has 1 heterocycles. The quantitative estimate of drug-likeness (QED) is 0.864. The van der Waals surface area contributed by atoms with E-state index in [1.807, 2.05) is 19.1 Å². The van der Waals surface area contributed by atoms with Crippen molar-refractivity contribution >= 4 is 23.3 Å². The Morgan fingerprint density at radius 3 is 2.77 bits per heavy atom. The molecule has 0 aliphatic rings. The number of amides is 2. The van der Waals surface area contributed by atoms with Gasteiger partial charge in [0.2, 0.25) is 11.8 Å². The van der Waals surface area contributed by atoms with Crippen molar-refractivity contribution < 1.29 is 14.3 Å². The topological polar surface area (TPSA) is 98.1 Å². The van der Waals surface area contributed by atoms with Gasteiger partial charge in [0.15, 0.2) is 5.82 Å². The second kappa shape index (κ2) is 6.70. The number of anilines is 2. The zero-order chi connectivity index (χ0) is 16.1. The van der Waals surface area contributed by atoms with Crippen LogP contribution in [0.4, 0.5) is 11.5 Å². The van der Waals surface area contributed by atoms with Gasteiger partial charge in [0.25, 0.3) is 0 Å². The molecule has 0 atom stereocenters. The average molecular weight is 303 g/mol. The Bertz CT molecular complexity index is 696. The van der Waals surface area contributed by atoms with Gasteiger partial charge in [0.05, 0.1) is 19.0 Å². The monoisotopic (exact) mass is 303 g/mol. The Hall–Kier alpha value is -2.90. The lowest BCUT2D eigenvalue weighted by atomic mass is 10.2. The first kappa shape index (κ1) is 15.5. The van der Waals surface area contributed by atoms with E-state index >= 15 is 0 Å². The van der Waals surface area contributed by atoms with Crippen molar-refractivity contribution in [2.45, 2.75) is 20.4 Å². The van der Waals surface area contributed by atoms with Gasteiger partial charge in [-0.3, -0.25) is 9.59 Å². The van der Waals surface area contributed by atoms with E-state index in [9.17, 15) is 9.59 Å². The number of hydrogen-bond acceptors (Lipinski definition) is 5. The number of carbonyl (C=O) groups is 2. The number of rotatable bonds is 5. The van der Waals surface area contributed by atoms with Gasteiger partial charge in [-0.25, -0.2) is 0 Å². The van der Waals surface area contributed by atoms with E-state index < -0.39 is 0 Å². The number of aryl methyl sites for hydroxylation is 1. The molecule has 22 heavy (non-hydrogen) atoms. The lowest BCUT2D eigenvalue weighted by molar-refractivity contribution is -0.117. The third-order valence-corrected chi connectivity index (χ3v) is 2.75. The second-order valence-corrected chi connectivity index (χ2v) is 4.69. The van der Waals surface area contributed by atoms with Gasteiger partial charge >= 0.3 is 0 Å². The van der Waals surface area contributed by atoms with Crippen LogP contribution in [0.3, 0.4) is 0 Å². The maximum atomic E-state index is 12.0. The highest BCUT2D eigenvalue weighted by atomic mass is 16.5. The molecule has 2 aromatic rings. The van der Waals surface area contributed by atoms with Crippen molar-refractivity contribution in [1.29, 1.82) is 0 Å². The Labute approximate surface area is 127 Å². The molecule has 116 valence electrons. The van der Waals surface area contributed by atoms with E-state index in [0.29, 0.717) is 17.3 Å². The minimum absolute atomic E-state index is 0.0727. The lowest BCUT2D eigenvalue weighted by Crippen LogP contribution is -2.21. The van der Waals surface area contributed by atoms with Crippen LogP contribution >= 0.6 is 0 Å². The summed E-state index contributed by atoms with van der Waals surface area (Å²) in [6.07, 6.45) is 1.38. The Morgan fingerprint density at radius 2 is 2.09 bits per heavy atom. The van der Waals surface area contributed by atoms with Crippen molar-refractivity contribution in [2.75, 3.05) is 17.7 Å². The first-order chi connectivity index (χ1) is 10.5. The van der Waals surface area contributed by atoms with Crippen LogP contribution in [0.25, 0.3) is 0 Å². The van der Waals surface area contributed by atoms with Crippen LogP contribution in [-0.2, 0) is 16.1 Å². The van der Waals surface area contributed by atoms with Crippen molar-refractivity contribution in [3.63, 3.8) is 0 Å². The molecule has 0 saturated carbocycles. The van der Waals surface area contributed by atoms with Crippen LogP contribution in [0.2, 0.25) is 0 Å². The lowest BCUT2D eigenvalue weighted by Gasteiger charge is -2.10. The van der Waals surface area contributed by atoms with Crippen molar-refractivity contribution in [1.82, 2.24) is 15.0 Å². The fraction of sp³-hybridized carbons (Fsp3) is 0.286. The first-order valence-electron chi connectivity index (χ1n) is 6.60. The largest absolute Gasteiger partial charge is 0.495 e. The number of methoxy groups -OCH3 is 1. The molecule has 0 bridgehead atoms. The van der Waals surface area contributed by atoms with Gasteiger partial charge in [-0.2, -0.15) is 9.90 Å². The molecule has 0 spiro atoms. The van der Waals surface area contributed by atoms with Gasteiger partial charge in [0, 0.05) is 6.92 Å². The van der Waals surface area contributed by atoms with Crippen LogP contribution in [0.5, 0.6) is 5.75 Å². The third kappa shape index (κ3) is 4.05. The van der Waals surface area contributed by atoms with Crippen LogP contribution in [0, 0.1) is 6.92 Å². The Kier molecular flexibility index (Phi) is 4.72. The molecule has 0 unspecified atom stereocenters. The van der Waals surface area contributed by atoms with E-state index in [4.69, 9.17) is 4.74 Å². The predicted molar refractivity (Wildman–Crippen MR) is 80.7 cm³/mol. The first-order valence-corrected chi connectivity index (χ1v) is 6.60. The van der Waals surface area contributed by atoms with E-state index in [-0.39, 0.29) is 18.4 Å². The molecule has 0 aliphatic heterocycles. The molecule has 0 fully saturated rings. The van der Waals surface area contributed by atoms with Crippen molar-refractivity contribution in [3.05, 3.63) is 30.0 Å². The summed E-state index contributed by atoms with van der Waals surface area (Å²) in [5, 5.41) is 13.1. The zero-order valence-corrected chi connectivity index (χ0v) is 12.6. The highest BCUT2D eigenvalue weighted by Gasteiger charge is 2.10. The van der Waals surface area contributed by atoms with Gasteiger partial charge in [-0.05, 0) is 24.6 Å². The molecular weight excluding hydrogens is 286 g/mol. The van der Waals surface area contributed by atoms with Crippen LogP contribution < -0.4 is 15.4 Å². The molecule has 0 saturated heterocycles. The number of aromatic nitrogens is 3. The molecule has 8 heteroatoms. The highest BCUT2D eigenvalue weighted by molar-refractivity contribution is 5.92. The molecule has 8 nitrogen and oxygen atoms in total. The summed E-state index contributed by atoms with van der Waals surface area (Å²) in [5.41, 5.74) is 1.59. The molecule has 2 N–H and O–H groups in total. The molecule has 1 aromatic carbocycles. The van der Waals surface area contributed by atoms with Crippen LogP contribution in [0.15, 0.2) is 24.4 Å². The molecule has 0 aliphatic carbocycles. The molecule has 0 radical (unpaired) electrons. The summed E-state index contributed by atoms with van der Waals surface area (Å²) in [7, 11) is 1.54. The van der Waals surface area contributed by atoms with Crippen molar-refractivity contribution in [2.24, 2.45) is 0 Å². The third-order valence-electron chi connectivity index (χ3n) is 2.75. The number of hydrogen-bond donors (Lipinski definition) is 2. The zero-order valence-electron chi connectivity index (χ0n) is 12.6. The molecular formula is C14H17N5O3. The van der Waals surface area contributed by atoms with Gasteiger partial charge in [-0.1, -0.05) is 6.07 Å². The number of nitrogens with one attached hydrogen (secondary N) is 2. The average Bonchev–Trinajstić information content (AvgIpc) is 2.85. The number of nitrogens with zero attached hydrogens (tertiary/aromatic N) is 3. The molecule has 2 rings (SSSR count). The SMILES string of the molecule is COc1ccc(C)cc1NC(=O)Cn1ncc(NC(C)=O)n1. The molecule has 1 aromatic heterocycles. The number of carbonyl (C=O) groups excluding carboxylic acids is 2. The van der Waals surface area contributed by atoms with Crippen LogP contribution in [0.1, 0.15) is 12.5 Å². The van der Waals surface area contributed by atoms with Gasteiger partial charge in [0.1, 0.15) is 12.3 Å². The summed E-state index contributed by atoms with van der Waals surface area (Å²) in [4.78, 5) is 24.1. The normalized spacial score (nSPS) is 10.1. The van der Waals surface area contributed by atoms with Gasteiger partial charge < -0.3 is 15.4 Å². The Balaban J connectivity index is 2.02. The smallest absolute Gasteiger partial charge is 0.248 e. The summed E-state index contributed by atoms with van der Waals surface area (Å²) < 4.78 is 5.20. The van der Waals surface area contributed by atoms with Gasteiger partial charge in [-0.15, -0.1) is 5.10 Å². The number of benzene rings is 1. The standard InChI is InChI=1S/C14H17N5O3/c1-9-4-5-12(22-3)11(6-9)17-14(21)8-19-15-7-13(18-19)16-10(2)20/h4-7H,8H2,1-3H3,(H,17,21)(H,16,18,20). The van der Waals surface area contributed by atoms with Crippen molar-refractivity contribution in [3.8, 4) is 5.75 Å². The van der Waals surface area contributed by atoms with E-state index in [0.717, 1.165) is 5.56 Å². The minimum atomic E-state index is -0.297. The summed E-state index contributed by atoms with van der Waals surface area (Å²) in [6.45, 7) is 3.22. The molecule has 2 amide bonds. The second-order valence-electron chi connectivity index (χ2n) is 4.69. The minimum Gasteiger partial charge on any atom is -0.495 e. The highest BCUT2D eigenvalue weighted by Crippen LogP contribution is 2.25. The van der Waals surface area contributed by atoms with E-state index in [1.165, 1.54) is 25.0 Å². The Morgan fingerprint density at radius 1 is 1.32 bits per heavy atom. The van der Waals surface area contributed by atoms with E-state index in [1.54, 1.807) is 6.07 Å². The fourth-order valence-electron chi connectivity index (χ4n) is 1.85. The number of ether oxygens (including phenoxy) is 1. The summed E-state index contributed by atoms with van der Waals surface area (Å²) >= 11 is 0. The maximum absolute atomic E-state index is 12.0. The predicted octanol–water partition coefficient (Wildman–Crippen LogP) is 1.19.